The molecule has 140 valence electrons. The summed E-state index contributed by atoms with van der Waals surface area (Å²) in [5.41, 5.74) is 3.37. The van der Waals surface area contributed by atoms with Crippen LogP contribution in [0.25, 0.3) is 11.3 Å². The van der Waals surface area contributed by atoms with E-state index >= 15 is 0 Å². The molecule has 1 fully saturated rings. The first-order chi connectivity index (χ1) is 13.2. The lowest BCUT2D eigenvalue weighted by Crippen LogP contribution is -2.44. The molecular weight excluding hydrogens is 342 g/mol. The summed E-state index contributed by atoms with van der Waals surface area (Å²) in [6.07, 6.45) is 6.54. The Bertz CT molecular complexity index is 917. The lowest BCUT2D eigenvalue weighted by Gasteiger charge is -2.35. The first-order valence-electron chi connectivity index (χ1n) is 9.31. The van der Waals surface area contributed by atoms with Crippen LogP contribution in [0.5, 0.6) is 5.75 Å². The number of imidazole rings is 1. The van der Waals surface area contributed by atoms with Gasteiger partial charge in [0.25, 0.3) is 0 Å². The number of hydrogen-bond acceptors (Lipinski definition) is 5. The minimum atomic E-state index is -0.140. The lowest BCUT2D eigenvalue weighted by molar-refractivity contribution is -0.0821. The van der Waals surface area contributed by atoms with Crippen LogP contribution < -0.4 is 4.74 Å². The third-order valence-electron chi connectivity index (χ3n) is 5.66. The molecule has 0 radical (unpaired) electrons. The van der Waals surface area contributed by atoms with E-state index in [1.54, 1.807) is 13.4 Å². The van der Waals surface area contributed by atoms with Gasteiger partial charge in [-0.15, -0.1) is 0 Å². The molecule has 4 heterocycles. The summed E-state index contributed by atoms with van der Waals surface area (Å²) in [4.78, 5) is 7.04. The zero-order valence-electron chi connectivity index (χ0n) is 15.4. The summed E-state index contributed by atoms with van der Waals surface area (Å²) in [5.74, 6) is 1.86. The van der Waals surface area contributed by atoms with Crippen molar-refractivity contribution in [2.75, 3.05) is 20.2 Å². The van der Waals surface area contributed by atoms with Gasteiger partial charge in [0.2, 0.25) is 0 Å². The molecule has 6 nitrogen and oxygen atoms in total. The van der Waals surface area contributed by atoms with Crippen molar-refractivity contribution in [3.8, 4) is 17.0 Å². The molecule has 0 amide bonds. The summed E-state index contributed by atoms with van der Waals surface area (Å²) in [7, 11) is 1.69. The number of methoxy groups -OCH3 is 1. The van der Waals surface area contributed by atoms with Crippen LogP contribution >= 0.6 is 0 Å². The zero-order chi connectivity index (χ0) is 18.3. The molecule has 0 bridgehead atoms. The minimum Gasteiger partial charge on any atom is -0.497 e. The van der Waals surface area contributed by atoms with E-state index in [9.17, 15) is 0 Å². The molecule has 0 N–H and O–H groups in total. The van der Waals surface area contributed by atoms with Gasteiger partial charge in [-0.25, -0.2) is 4.98 Å². The predicted octanol–water partition coefficient (Wildman–Crippen LogP) is 3.33. The van der Waals surface area contributed by atoms with Gasteiger partial charge < -0.3 is 18.5 Å². The number of rotatable bonds is 4. The first-order valence-corrected chi connectivity index (χ1v) is 9.31. The molecule has 1 unspecified atom stereocenters. The highest BCUT2D eigenvalue weighted by atomic mass is 16.5. The Kier molecular flexibility index (Phi) is 4.02. The predicted molar refractivity (Wildman–Crippen MR) is 100 cm³/mol. The quantitative estimate of drug-likeness (QED) is 0.710. The number of nitrogens with zero attached hydrogens (tertiary/aromatic N) is 3. The van der Waals surface area contributed by atoms with Crippen molar-refractivity contribution in [1.82, 2.24) is 14.5 Å². The monoisotopic (exact) mass is 365 g/mol. The maximum atomic E-state index is 6.32. The van der Waals surface area contributed by atoms with E-state index in [1.165, 1.54) is 5.56 Å². The molecule has 1 spiro atoms. The summed E-state index contributed by atoms with van der Waals surface area (Å²) in [6, 6.07) is 10.2. The molecule has 6 heteroatoms. The Hall–Kier alpha value is -2.57. The molecule has 27 heavy (non-hydrogen) atoms. The van der Waals surface area contributed by atoms with Gasteiger partial charge in [-0.3, -0.25) is 4.90 Å². The summed E-state index contributed by atoms with van der Waals surface area (Å²) >= 11 is 0. The van der Waals surface area contributed by atoms with Crippen LogP contribution in [0.1, 0.15) is 17.8 Å². The second-order valence-electron chi connectivity index (χ2n) is 7.44. The molecule has 0 saturated carbocycles. The molecule has 2 aliphatic heterocycles. The highest BCUT2D eigenvalue weighted by Crippen LogP contribution is 2.35. The molecule has 1 aromatic carbocycles. The number of furan rings is 1. The van der Waals surface area contributed by atoms with Crippen LogP contribution in [-0.4, -0.2) is 40.3 Å². The highest BCUT2D eigenvalue weighted by molar-refractivity contribution is 5.60. The van der Waals surface area contributed by atoms with Gasteiger partial charge in [0.1, 0.15) is 23.8 Å². The van der Waals surface area contributed by atoms with Gasteiger partial charge in [0.15, 0.2) is 0 Å². The standard InChI is InChI=1S/C21H23N3O3/c1-25-18-4-2-17(3-5-18)19-10-22-20-13-27-21(15-24(19)20)7-8-23(14-21)11-16-6-9-26-12-16/h2-6,9-10,12H,7-8,11,13-15H2,1H3. The normalized spacial score (nSPS) is 22.3. The number of benzene rings is 1. The maximum absolute atomic E-state index is 6.32. The third-order valence-corrected chi connectivity index (χ3v) is 5.66. The Labute approximate surface area is 158 Å². The first kappa shape index (κ1) is 16.6. The lowest BCUT2D eigenvalue weighted by atomic mass is 10.0. The Balaban J connectivity index is 1.37. The van der Waals surface area contributed by atoms with Crippen LogP contribution in [0.15, 0.2) is 53.5 Å². The fraction of sp³-hybridized carbons (Fsp3) is 0.381. The smallest absolute Gasteiger partial charge is 0.135 e. The number of hydrogen-bond donors (Lipinski definition) is 0. The topological polar surface area (TPSA) is 52.7 Å². The molecule has 2 aromatic heterocycles. The van der Waals surface area contributed by atoms with Crippen LogP contribution in [0.3, 0.4) is 0 Å². The summed E-state index contributed by atoms with van der Waals surface area (Å²) in [6.45, 7) is 4.27. The van der Waals surface area contributed by atoms with Gasteiger partial charge in [-0.05, 0) is 36.8 Å². The van der Waals surface area contributed by atoms with Crippen LogP contribution in [0, 0.1) is 0 Å². The zero-order valence-corrected chi connectivity index (χ0v) is 15.4. The van der Waals surface area contributed by atoms with E-state index in [0.717, 1.165) is 55.4 Å². The number of ether oxygens (including phenoxy) is 2. The van der Waals surface area contributed by atoms with Crippen molar-refractivity contribution in [2.24, 2.45) is 0 Å². The van der Waals surface area contributed by atoms with Crippen molar-refractivity contribution in [3.05, 3.63) is 60.4 Å². The fourth-order valence-electron chi connectivity index (χ4n) is 4.20. The van der Waals surface area contributed by atoms with Crippen molar-refractivity contribution >= 4 is 0 Å². The van der Waals surface area contributed by atoms with Gasteiger partial charge >= 0.3 is 0 Å². The minimum absolute atomic E-state index is 0.140. The van der Waals surface area contributed by atoms with Crippen molar-refractivity contribution in [2.45, 2.75) is 31.7 Å². The van der Waals surface area contributed by atoms with E-state index in [4.69, 9.17) is 13.9 Å². The van der Waals surface area contributed by atoms with E-state index in [-0.39, 0.29) is 5.60 Å². The van der Waals surface area contributed by atoms with Gasteiger partial charge in [0.05, 0.1) is 38.1 Å². The van der Waals surface area contributed by atoms with Crippen molar-refractivity contribution < 1.29 is 13.9 Å². The SMILES string of the molecule is COc1ccc(-c2cnc3n2CC2(CCN(Cc4ccoc4)C2)OC3)cc1. The molecule has 0 aliphatic carbocycles. The van der Waals surface area contributed by atoms with Crippen LogP contribution in [0.4, 0.5) is 0 Å². The molecule has 2 aliphatic rings. The fourth-order valence-corrected chi connectivity index (χ4v) is 4.20. The van der Waals surface area contributed by atoms with Gasteiger partial charge in [-0.1, -0.05) is 0 Å². The van der Waals surface area contributed by atoms with E-state index in [1.807, 2.05) is 30.7 Å². The van der Waals surface area contributed by atoms with Crippen LogP contribution in [-0.2, 0) is 24.4 Å². The number of aromatic nitrogens is 2. The molecular formula is C21H23N3O3. The summed E-state index contributed by atoms with van der Waals surface area (Å²) in [5, 5.41) is 0. The average Bonchev–Trinajstić information content (AvgIpc) is 3.43. The van der Waals surface area contributed by atoms with Gasteiger partial charge in [-0.2, -0.15) is 0 Å². The average molecular weight is 365 g/mol. The summed E-state index contributed by atoms with van der Waals surface area (Å²) < 4.78 is 19.1. The molecule has 1 saturated heterocycles. The third kappa shape index (κ3) is 3.05. The Morgan fingerprint density at radius 3 is 2.85 bits per heavy atom. The second kappa shape index (κ2) is 6.55. The Morgan fingerprint density at radius 1 is 1.19 bits per heavy atom. The van der Waals surface area contributed by atoms with Gasteiger partial charge in [0, 0.05) is 30.8 Å². The molecule has 5 rings (SSSR count). The number of fused-ring (bicyclic) bond motifs is 1. The van der Waals surface area contributed by atoms with E-state index in [0.29, 0.717) is 6.61 Å². The Morgan fingerprint density at radius 2 is 2.07 bits per heavy atom. The van der Waals surface area contributed by atoms with E-state index in [2.05, 4.69) is 26.6 Å². The van der Waals surface area contributed by atoms with Crippen molar-refractivity contribution in [3.63, 3.8) is 0 Å². The van der Waals surface area contributed by atoms with Crippen molar-refractivity contribution in [1.29, 1.82) is 0 Å². The highest BCUT2D eigenvalue weighted by Gasteiger charge is 2.43. The maximum Gasteiger partial charge on any atom is 0.135 e. The molecule has 1 atom stereocenters. The van der Waals surface area contributed by atoms with Crippen LogP contribution in [0.2, 0.25) is 0 Å². The number of likely N-dealkylation sites (tertiary alicyclic amines) is 1. The largest absolute Gasteiger partial charge is 0.497 e. The van der Waals surface area contributed by atoms with E-state index < -0.39 is 0 Å². The molecule has 3 aromatic rings. The second-order valence-corrected chi connectivity index (χ2v) is 7.44.